The van der Waals surface area contributed by atoms with Crippen LogP contribution in [0.15, 0.2) is 0 Å². The molecule has 20 heavy (non-hydrogen) atoms. The molecule has 0 radical (unpaired) electrons. The Morgan fingerprint density at radius 3 is 2.65 bits per heavy atom. The van der Waals surface area contributed by atoms with E-state index >= 15 is 0 Å². The van der Waals surface area contributed by atoms with Gasteiger partial charge >= 0.3 is 0 Å². The van der Waals surface area contributed by atoms with E-state index in [-0.39, 0.29) is 30.1 Å². The molecule has 1 aliphatic carbocycles. The lowest BCUT2D eigenvalue weighted by Crippen LogP contribution is -2.39. The van der Waals surface area contributed by atoms with Gasteiger partial charge in [-0.2, -0.15) is 0 Å². The van der Waals surface area contributed by atoms with Crippen molar-refractivity contribution in [3.63, 3.8) is 0 Å². The van der Waals surface area contributed by atoms with Gasteiger partial charge in [0.15, 0.2) is 0 Å². The van der Waals surface area contributed by atoms with E-state index in [0.717, 1.165) is 6.42 Å². The van der Waals surface area contributed by atoms with Crippen LogP contribution in [0.2, 0.25) is 0 Å². The molecule has 0 heterocycles. The number of carbonyl (C=O) groups excluding carboxylic acids is 1. The Morgan fingerprint density at radius 1 is 1.40 bits per heavy atom. The molecule has 4 nitrogen and oxygen atoms in total. The van der Waals surface area contributed by atoms with Crippen molar-refractivity contribution >= 4 is 5.91 Å². The molecule has 1 rings (SSSR count). The third-order valence-corrected chi connectivity index (χ3v) is 4.07. The molecule has 1 amide bonds. The van der Waals surface area contributed by atoms with Crippen molar-refractivity contribution < 1.29 is 14.6 Å². The van der Waals surface area contributed by atoms with E-state index in [1.807, 2.05) is 13.8 Å². The van der Waals surface area contributed by atoms with Gasteiger partial charge in [0.25, 0.3) is 0 Å². The molecule has 0 aromatic rings. The number of aliphatic hydroxyl groups is 1. The highest BCUT2D eigenvalue weighted by molar-refractivity contribution is 5.77. The molecule has 1 aliphatic rings. The fourth-order valence-corrected chi connectivity index (χ4v) is 2.97. The summed E-state index contributed by atoms with van der Waals surface area (Å²) in [5, 5.41) is 12.3. The van der Waals surface area contributed by atoms with Crippen molar-refractivity contribution in [3.05, 3.63) is 0 Å². The molecule has 1 fully saturated rings. The minimum absolute atomic E-state index is 0.0542. The molecule has 3 unspecified atom stereocenters. The van der Waals surface area contributed by atoms with Crippen LogP contribution in [0.25, 0.3) is 0 Å². The Kier molecular flexibility index (Phi) is 6.96. The zero-order chi connectivity index (χ0) is 15.2. The van der Waals surface area contributed by atoms with E-state index in [1.54, 1.807) is 6.92 Å². The second-order valence-electron chi connectivity index (χ2n) is 7.11. The Morgan fingerprint density at radius 2 is 2.05 bits per heavy atom. The van der Waals surface area contributed by atoms with Gasteiger partial charge in [-0.1, -0.05) is 33.6 Å². The number of rotatable bonds is 7. The zero-order valence-electron chi connectivity index (χ0n) is 13.4. The van der Waals surface area contributed by atoms with Crippen LogP contribution in [0.3, 0.4) is 0 Å². The quantitative estimate of drug-likeness (QED) is 0.755. The monoisotopic (exact) mass is 285 g/mol. The average molecular weight is 285 g/mol. The first kappa shape index (κ1) is 17.4. The van der Waals surface area contributed by atoms with Crippen LogP contribution in [0.5, 0.6) is 0 Å². The highest BCUT2D eigenvalue weighted by Crippen LogP contribution is 2.26. The molecule has 1 saturated carbocycles. The van der Waals surface area contributed by atoms with E-state index in [4.69, 9.17) is 4.74 Å². The van der Waals surface area contributed by atoms with Crippen LogP contribution in [0, 0.1) is 11.3 Å². The van der Waals surface area contributed by atoms with Crippen LogP contribution < -0.4 is 5.32 Å². The zero-order valence-corrected chi connectivity index (χ0v) is 13.4. The van der Waals surface area contributed by atoms with Gasteiger partial charge in [0.1, 0.15) is 6.61 Å². The van der Waals surface area contributed by atoms with Crippen LogP contribution in [-0.4, -0.2) is 36.4 Å². The van der Waals surface area contributed by atoms with E-state index in [0.29, 0.717) is 18.9 Å². The Labute approximate surface area is 123 Å². The Hall–Kier alpha value is -0.610. The van der Waals surface area contributed by atoms with Crippen molar-refractivity contribution in [1.82, 2.24) is 5.32 Å². The van der Waals surface area contributed by atoms with Crippen molar-refractivity contribution in [2.45, 2.75) is 72.0 Å². The topological polar surface area (TPSA) is 58.6 Å². The summed E-state index contributed by atoms with van der Waals surface area (Å²) in [5.74, 6) is 0.504. The number of carbonyl (C=O) groups is 1. The summed E-state index contributed by atoms with van der Waals surface area (Å²) < 4.78 is 5.74. The fraction of sp³-hybridized carbons (Fsp3) is 0.938. The standard InChI is InChI=1S/C16H31NO3/c1-12-7-5-6-8-14(12)20-10-15(19)17-11-16(3,4)9-13(2)18/h12-14,18H,5-11H2,1-4H3,(H,17,19). The third kappa shape index (κ3) is 6.71. The first-order valence-corrected chi connectivity index (χ1v) is 7.86. The van der Waals surface area contributed by atoms with Crippen molar-refractivity contribution in [1.29, 1.82) is 0 Å². The molecule has 4 heteroatoms. The maximum absolute atomic E-state index is 11.8. The summed E-state index contributed by atoms with van der Waals surface area (Å²) >= 11 is 0. The van der Waals surface area contributed by atoms with Crippen LogP contribution >= 0.6 is 0 Å². The molecule has 0 aromatic heterocycles. The fourth-order valence-electron chi connectivity index (χ4n) is 2.97. The van der Waals surface area contributed by atoms with Gasteiger partial charge in [0.2, 0.25) is 5.91 Å². The van der Waals surface area contributed by atoms with E-state index in [1.165, 1.54) is 19.3 Å². The lowest BCUT2D eigenvalue weighted by molar-refractivity contribution is -0.130. The highest BCUT2D eigenvalue weighted by Gasteiger charge is 2.24. The molecular formula is C16H31NO3. The predicted molar refractivity (Wildman–Crippen MR) is 80.5 cm³/mol. The summed E-state index contributed by atoms with van der Waals surface area (Å²) in [6, 6.07) is 0. The molecule has 0 aliphatic heterocycles. The summed E-state index contributed by atoms with van der Waals surface area (Å²) in [7, 11) is 0. The minimum Gasteiger partial charge on any atom is -0.393 e. The van der Waals surface area contributed by atoms with Gasteiger partial charge in [-0.05, 0) is 37.5 Å². The first-order valence-electron chi connectivity index (χ1n) is 7.86. The second-order valence-corrected chi connectivity index (χ2v) is 7.11. The predicted octanol–water partition coefficient (Wildman–Crippen LogP) is 2.50. The van der Waals surface area contributed by atoms with Crippen molar-refractivity contribution in [2.24, 2.45) is 11.3 Å². The highest BCUT2D eigenvalue weighted by atomic mass is 16.5. The minimum atomic E-state index is -0.346. The van der Waals surface area contributed by atoms with Crippen molar-refractivity contribution in [3.8, 4) is 0 Å². The summed E-state index contributed by atoms with van der Waals surface area (Å²) in [4.78, 5) is 11.8. The molecule has 2 N–H and O–H groups in total. The van der Waals surface area contributed by atoms with E-state index < -0.39 is 0 Å². The summed E-state index contributed by atoms with van der Waals surface area (Å²) in [6.45, 7) is 8.79. The average Bonchev–Trinajstić information content (AvgIpc) is 2.34. The Bertz CT molecular complexity index is 302. The SMILES string of the molecule is CC(O)CC(C)(C)CNC(=O)COC1CCCCC1C. The number of ether oxygens (including phenoxy) is 1. The van der Waals surface area contributed by atoms with Crippen LogP contribution in [0.4, 0.5) is 0 Å². The van der Waals surface area contributed by atoms with Gasteiger partial charge in [0.05, 0.1) is 12.2 Å². The number of hydrogen-bond donors (Lipinski definition) is 2. The number of hydrogen-bond acceptors (Lipinski definition) is 3. The molecule has 0 aromatic carbocycles. The molecule has 118 valence electrons. The maximum Gasteiger partial charge on any atom is 0.246 e. The molecule has 0 bridgehead atoms. The summed E-state index contributed by atoms with van der Waals surface area (Å²) in [5.41, 5.74) is -0.0953. The maximum atomic E-state index is 11.8. The largest absolute Gasteiger partial charge is 0.393 e. The van der Waals surface area contributed by atoms with Gasteiger partial charge in [-0.25, -0.2) is 0 Å². The first-order chi connectivity index (χ1) is 9.30. The number of nitrogens with one attached hydrogen (secondary N) is 1. The lowest BCUT2D eigenvalue weighted by Gasteiger charge is -2.29. The Balaban J connectivity index is 2.23. The van der Waals surface area contributed by atoms with Crippen molar-refractivity contribution in [2.75, 3.05) is 13.2 Å². The molecule has 0 saturated heterocycles. The third-order valence-electron chi connectivity index (χ3n) is 4.07. The van der Waals surface area contributed by atoms with Gasteiger partial charge in [-0.3, -0.25) is 4.79 Å². The van der Waals surface area contributed by atoms with Crippen LogP contribution in [0.1, 0.15) is 59.8 Å². The van der Waals surface area contributed by atoms with E-state index in [2.05, 4.69) is 12.2 Å². The van der Waals surface area contributed by atoms with E-state index in [9.17, 15) is 9.90 Å². The molecular weight excluding hydrogens is 254 g/mol. The smallest absolute Gasteiger partial charge is 0.246 e. The number of amides is 1. The van der Waals surface area contributed by atoms with Gasteiger partial charge < -0.3 is 15.2 Å². The normalized spacial score (nSPS) is 25.2. The molecule has 0 spiro atoms. The lowest BCUT2D eigenvalue weighted by atomic mass is 9.87. The summed E-state index contributed by atoms with van der Waals surface area (Å²) in [6.07, 6.45) is 5.32. The van der Waals surface area contributed by atoms with Gasteiger partial charge in [-0.15, -0.1) is 0 Å². The van der Waals surface area contributed by atoms with Gasteiger partial charge in [0, 0.05) is 6.54 Å². The second kappa shape index (κ2) is 7.99. The number of aliphatic hydroxyl groups excluding tert-OH is 1. The van der Waals surface area contributed by atoms with Crippen LogP contribution in [-0.2, 0) is 9.53 Å². The molecule has 3 atom stereocenters.